The van der Waals surface area contributed by atoms with Gasteiger partial charge in [0.2, 0.25) is 5.91 Å². The molecule has 8 nitrogen and oxygen atoms in total. The number of hydrogen-bond acceptors (Lipinski definition) is 5. The Kier molecular flexibility index (Phi) is 6.97. The molecule has 0 fully saturated rings. The van der Waals surface area contributed by atoms with Gasteiger partial charge in [0.05, 0.1) is 11.7 Å². The summed E-state index contributed by atoms with van der Waals surface area (Å²) in [4.78, 5) is 35.6. The van der Waals surface area contributed by atoms with Crippen LogP contribution in [0.4, 0.5) is 10.5 Å². The van der Waals surface area contributed by atoms with Crippen LogP contribution in [0.25, 0.3) is 0 Å². The first-order valence-electron chi connectivity index (χ1n) is 8.70. The van der Waals surface area contributed by atoms with E-state index >= 15 is 0 Å². The van der Waals surface area contributed by atoms with E-state index < -0.39 is 23.9 Å². The Morgan fingerprint density at radius 2 is 1.64 bits per heavy atom. The third kappa shape index (κ3) is 6.31. The van der Waals surface area contributed by atoms with Crippen molar-refractivity contribution in [3.63, 3.8) is 0 Å². The molecule has 2 aromatic carbocycles. The minimum atomic E-state index is -0.926. The quantitative estimate of drug-likeness (QED) is 0.543. The minimum Gasteiger partial charge on any atom is -0.508 e. The first kappa shape index (κ1) is 20.8. The molecule has 0 aliphatic rings. The van der Waals surface area contributed by atoms with Gasteiger partial charge in [0.1, 0.15) is 11.8 Å². The van der Waals surface area contributed by atoms with Crippen molar-refractivity contribution in [1.29, 1.82) is 0 Å². The third-order valence-corrected chi connectivity index (χ3v) is 3.75. The highest BCUT2D eigenvalue weighted by atomic mass is 16.5. The van der Waals surface area contributed by atoms with Crippen LogP contribution in [0.2, 0.25) is 0 Å². The molecule has 0 aliphatic heterocycles. The lowest BCUT2D eigenvalue weighted by Crippen LogP contribution is -2.47. The summed E-state index contributed by atoms with van der Waals surface area (Å²) in [6.45, 7) is 3.51. The number of ether oxygens (including phenoxy) is 1. The topological polar surface area (TPSA) is 131 Å². The highest BCUT2D eigenvalue weighted by Crippen LogP contribution is 2.13. The van der Waals surface area contributed by atoms with Gasteiger partial charge >= 0.3 is 12.0 Å². The SMILES string of the molecule is CC(C)OC(=O)c1ccc(NC(=O)N[C@@H](Cc2ccc(O)cc2)C(N)=O)cc1. The number of nitrogens with one attached hydrogen (secondary N) is 2. The number of rotatable bonds is 7. The Labute approximate surface area is 162 Å². The molecule has 28 heavy (non-hydrogen) atoms. The summed E-state index contributed by atoms with van der Waals surface area (Å²) >= 11 is 0. The fraction of sp³-hybridized carbons (Fsp3) is 0.250. The van der Waals surface area contributed by atoms with Crippen LogP contribution in [0, 0.1) is 0 Å². The van der Waals surface area contributed by atoms with Crippen molar-refractivity contribution in [3.05, 3.63) is 59.7 Å². The molecule has 0 unspecified atom stereocenters. The van der Waals surface area contributed by atoms with E-state index in [4.69, 9.17) is 10.5 Å². The van der Waals surface area contributed by atoms with Crippen LogP contribution >= 0.6 is 0 Å². The fourth-order valence-corrected chi connectivity index (χ4v) is 2.39. The van der Waals surface area contributed by atoms with Gasteiger partial charge in [-0.25, -0.2) is 9.59 Å². The van der Waals surface area contributed by atoms with E-state index in [-0.39, 0.29) is 18.3 Å². The van der Waals surface area contributed by atoms with E-state index in [2.05, 4.69) is 10.6 Å². The van der Waals surface area contributed by atoms with Gasteiger partial charge in [0, 0.05) is 12.1 Å². The number of anilines is 1. The number of primary amides is 1. The molecule has 0 saturated heterocycles. The molecular weight excluding hydrogens is 362 g/mol. The number of phenols is 1. The third-order valence-electron chi connectivity index (χ3n) is 3.75. The fourth-order valence-electron chi connectivity index (χ4n) is 2.39. The molecule has 0 spiro atoms. The van der Waals surface area contributed by atoms with E-state index in [1.807, 2.05) is 0 Å². The lowest BCUT2D eigenvalue weighted by Gasteiger charge is -2.16. The Morgan fingerprint density at radius 3 is 2.18 bits per heavy atom. The molecule has 0 heterocycles. The van der Waals surface area contributed by atoms with Crippen LogP contribution in [0.1, 0.15) is 29.8 Å². The van der Waals surface area contributed by atoms with Gasteiger partial charge < -0.3 is 26.2 Å². The van der Waals surface area contributed by atoms with E-state index in [1.54, 1.807) is 38.1 Å². The van der Waals surface area contributed by atoms with Crippen molar-refractivity contribution in [2.75, 3.05) is 5.32 Å². The van der Waals surface area contributed by atoms with Crippen LogP contribution < -0.4 is 16.4 Å². The lowest BCUT2D eigenvalue weighted by molar-refractivity contribution is -0.119. The zero-order valence-electron chi connectivity index (χ0n) is 15.6. The van der Waals surface area contributed by atoms with E-state index in [0.717, 1.165) is 5.56 Å². The van der Waals surface area contributed by atoms with Gasteiger partial charge in [-0.3, -0.25) is 4.79 Å². The van der Waals surface area contributed by atoms with Crippen molar-refractivity contribution >= 4 is 23.6 Å². The monoisotopic (exact) mass is 385 g/mol. The maximum atomic E-state index is 12.2. The molecule has 0 bridgehead atoms. The van der Waals surface area contributed by atoms with Crippen molar-refractivity contribution in [2.45, 2.75) is 32.4 Å². The lowest BCUT2D eigenvalue weighted by atomic mass is 10.1. The average molecular weight is 385 g/mol. The number of amides is 3. The van der Waals surface area contributed by atoms with Gasteiger partial charge in [-0.1, -0.05) is 12.1 Å². The molecule has 1 atom stereocenters. The number of esters is 1. The molecule has 0 radical (unpaired) electrons. The molecule has 8 heteroatoms. The van der Waals surface area contributed by atoms with Crippen LogP contribution in [-0.2, 0) is 16.0 Å². The summed E-state index contributed by atoms with van der Waals surface area (Å²) in [7, 11) is 0. The van der Waals surface area contributed by atoms with E-state index in [1.165, 1.54) is 24.3 Å². The Morgan fingerprint density at radius 1 is 1.04 bits per heavy atom. The average Bonchev–Trinajstić information content (AvgIpc) is 2.62. The van der Waals surface area contributed by atoms with Crippen LogP contribution in [0.15, 0.2) is 48.5 Å². The summed E-state index contributed by atoms with van der Waals surface area (Å²) in [5.41, 5.74) is 6.90. The predicted octanol–water partition coefficient (Wildman–Crippen LogP) is 2.18. The van der Waals surface area contributed by atoms with Crippen molar-refractivity contribution < 1.29 is 24.2 Å². The zero-order valence-corrected chi connectivity index (χ0v) is 15.6. The molecule has 2 aromatic rings. The Bertz CT molecular complexity index is 832. The molecule has 3 amide bonds. The molecule has 2 rings (SSSR count). The Balaban J connectivity index is 1.96. The summed E-state index contributed by atoms with van der Waals surface area (Å²) in [5, 5.41) is 14.4. The number of aromatic hydroxyl groups is 1. The van der Waals surface area contributed by atoms with Crippen LogP contribution in [-0.4, -0.2) is 35.2 Å². The number of urea groups is 1. The largest absolute Gasteiger partial charge is 0.508 e. The van der Waals surface area contributed by atoms with Crippen LogP contribution in [0.3, 0.4) is 0 Å². The summed E-state index contributed by atoms with van der Waals surface area (Å²) in [6.07, 6.45) is -0.0429. The first-order chi connectivity index (χ1) is 13.2. The predicted molar refractivity (Wildman–Crippen MR) is 104 cm³/mol. The van der Waals surface area contributed by atoms with Gasteiger partial charge in [-0.2, -0.15) is 0 Å². The smallest absolute Gasteiger partial charge is 0.338 e. The summed E-state index contributed by atoms with van der Waals surface area (Å²) in [6, 6.07) is 10.9. The molecule has 0 aliphatic carbocycles. The second-order valence-electron chi connectivity index (χ2n) is 6.46. The number of carbonyl (C=O) groups excluding carboxylic acids is 3. The van der Waals surface area contributed by atoms with Crippen LogP contribution in [0.5, 0.6) is 5.75 Å². The molecule has 0 saturated carbocycles. The maximum Gasteiger partial charge on any atom is 0.338 e. The maximum absolute atomic E-state index is 12.2. The molecule has 148 valence electrons. The number of hydrogen-bond donors (Lipinski definition) is 4. The molecular formula is C20H23N3O5. The Hall–Kier alpha value is -3.55. The number of nitrogens with two attached hydrogens (primary N) is 1. The van der Waals surface area contributed by atoms with Crippen molar-refractivity contribution in [2.24, 2.45) is 5.73 Å². The molecule has 0 aromatic heterocycles. The number of carbonyl (C=O) groups is 3. The summed E-state index contributed by atoms with van der Waals surface area (Å²) in [5.74, 6) is -1.03. The standard InChI is InChI=1S/C20H23N3O5/c1-12(2)28-19(26)14-5-7-15(8-6-14)22-20(27)23-17(18(21)25)11-13-3-9-16(24)10-4-13/h3-10,12,17,24H,11H2,1-2H3,(H2,21,25)(H2,22,23,27)/t17-/m0/s1. The highest BCUT2D eigenvalue weighted by molar-refractivity contribution is 5.94. The second kappa shape index (κ2) is 9.40. The van der Waals surface area contributed by atoms with E-state index in [9.17, 15) is 19.5 Å². The summed E-state index contributed by atoms with van der Waals surface area (Å²) < 4.78 is 5.09. The first-order valence-corrected chi connectivity index (χ1v) is 8.70. The van der Waals surface area contributed by atoms with E-state index in [0.29, 0.717) is 11.3 Å². The normalized spacial score (nSPS) is 11.5. The van der Waals surface area contributed by atoms with Crippen molar-refractivity contribution in [1.82, 2.24) is 5.32 Å². The van der Waals surface area contributed by atoms with Gasteiger partial charge in [-0.15, -0.1) is 0 Å². The second-order valence-corrected chi connectivity index (χ2v) is 6.46. The van der Waals surface area contributed by atoms with Gasteiger partial charge in [0.25, 0.3) is 0 Å². The minimum absolute atomic E-state index is 0.103. The zero-order chi connectivity index (χ0) is 20.7. The van der Waals surface area contributed by atoms with Crippen molar-refractivity contribution in [3.8, 4) is 5.75 Å². The highest BCUT2D eigenvalue weighted by Gasteiger charge is 2.19. The number of phenolic OH excluding ortho intramolecular Hbond substituents is 1. The molecule has 5 N–H and O–H groups in total. The number of benzene rings is 2. The van der Waals surface area contributed by atoms with Gasteiger partial charge in [-0.05, 0) is 55.8 Å². The van der Waals surface area contributed by atoms with Gasteiger partial charge in [0.15, 0.2) is 0 Å².